The van der Waals surface area contributed by atoms with Crippen LogP contribution in [0.5, 0.6) is 0 Å². The van der Waals surface area contributed by atoms with E-state index >= 15 is 0 Å². The zero-order valence-electron chi connectivity index (χ0n) is 15.0. The van der Waals surface area contributed by atoms with Gasteiger partial charge in [0.05, 0.1) is 38.1 Å². The molecule has 2 saturated heterocycles. The highest BCUT2D eigenvalue weighted by molar-refractivity contribution is 8.26. The van der Waals surface area contributed by atoms with Crippen molar-refractivity contribution in [3.05, 3.63) is 38.7 Å². The summed E-state index contributed by atoms with van der Waals surface area (Å²) >= 11 is 18.7. The van der Waals surface area contributed by atoms with E-state index < -0.39 is 0 Å². The maximum absolute atomic E-state index is 12.7. The van der Waals surface area contributed by atoms with E-state index in [9.17, 15) is 9.59 Å². The van der Waals surface area contributed by atoms with Crippen molar-refractivity contribution < 1.29 is 26.9 Å². The van der Waals surface area contributed by atoms with E-state index in [-0.39, 0.29) is 30.8 Å². The number of amides is 2. The van der Waals surface area contributed by atoms with Gasteiger partial charge in [0.2, 0.25) is 0 Å². The van der Waals surface area contributed by atoms with Gasteiger partial charge in [0.25, 0.3) is 11.8 Å². The largest absolute Gasteiger partial charge is 1.00 e. The van der Waals surface area contributed by atoms with Crippen LogP contribution in [-0.4, -0.2) is 65.8 Å². The molecule has 0 unspecified atom stereocenters. The lowest BCUT2D eigenvalue weighted by Gasteiger charge is -2.30. The number of nitrogens with zero attached hydrogens (tertiary/aromatic N) is 2. The van der Waals surface area contributed by atoms with Gasteiger partial charge in [-0.1, -0.05) is 53.2 Å². The summed E-state index contributed by atoms with van der Waals surface area (Å²) in [4.78, 5) is 28.1. The summed E-state index contributed by atoms with van der Waals surface area (Å²) in [5.74, 6) is -0.582. The van der Waals surface area contributed by atoms with E-state index in [0.717, 1.165) is 37.9 Å². The Hall–Kier alpha value is -0.870. The van der Waals surface area contributed by atoms with Gasteiger partial charge in [0.15, 0.2) is 0 Å². The molecule has 0 aromatic heterocycles. The number of quaternary nitrogens is 1. The molecule has 0 radical (unpaired) electrons. The lowest BCUT2D eigenvalue weighted by atomic mass is 10.2. The van der Waals surface area contributed by atoms with Gasteiger partial charge in [-0.15, -0.1) is 0 Å². The number of hydrazine groups is 1. The highest BCUT2D eigenvalue weighted by Gasteiger charge is 2.34. The Morgan fingerprint density at radius 3 is 2.54 bits per heavy atom. The summed E-state index contributed by atoms with van der Waals surface area (Å²) in [6.45, 7) is 3.37. The number of likely N-dealkylation sites (N-methyl/N-ethyl adjacent to an activating group) is 1. The second-order valence-corrected chi connectivity index (χ2v) is 8.87. The zero-order valence-corrected chi connectivity index (χ0v) is 18.9. The Kier molecular flexibility index (Phi) is 8.57. The van der Waals surface area contributed by atoms with Crippen LogP contribution in [0.15, 0.2) is 23.1 Å². The molecule has 2 aliphatic heterocycles. The van der Waals surface area contributed by atoms with Gasteiger partial charge in [0, 0.05) is 15.6 Å². The maximum atomic E-state index is 12.7. The first-order chi connectivity index (χ1) is 12.8. The molecule has 6 nitrogen and oxygen atoms in total. The SMILES string of the molecule is C[NH+]1CCN(NC(=O)CN2C(=O)/C(=C/c3c(Cl)cccc3Cl)SC2=S)CC1.[Cl-]. The van der Waals surface area contributed by atoms with Gasteiger partial charge in [-0.2, -0.15) is 0 Å². The molecule has 2 fully saturated rings. The molecule has 1 aromatic carbocycles. The van der Waals surface area contributed by atoms with Crippen molar-refractivity contribution in [3.8, 4) is 0 Å². The van der Waals surface area contributed by atoms with Crippen molar-refractivity contribution in [1.29, 1.82) is 0 Å². The van der Waals surface area contributed by atoms with Crippen LogP contribution in [0.25, 0.3) is 6.08 Å². The first-order valence-corrected chi connectivity index (χ1v) is 10.4. The van der Waals surface area contributed by atoms with Crippen molar-refractivity contribution in [2.24, 2.45) is 0 Å². The van der Waals surface area contributed by atoms with Crippen LogP contribution in [0, 0.1) is 0 Å². The molecular weight excluding hydrogens is 463 g/mol. The average Bonchev–Trinajstić information content (AvgIpc) is 2.88. The number of halogens is 3. The van der Waals surface area contributed by atoms with Crippen LogP contribution in [-0.2, 0) is 9.59 Å². The van der Waals surface area contributed by atoms with Crippen LogP contribution in [0.2, 0.25) is 10.0 Å². The Morgan fingerprint density at radius 2 is 1.93 bits per heavy atom. The monoisotopic (exact) mass is 480 g/mol. The topological polar surface area (TPSA) is 57.1 Å². The van der Waals surface area contributed by atoms with E-state index in [2.05, 4.69) is 12.5 Å². The molecular formula is C17H19Cl3N4O2S2. The lowest BCUT2D eigenvalue weighted by molar-refractivity contribution is -0.884. The summed E-state index contributed by atoms with van der Waals surface area (Å²) < 4.78 is 0.340. The van der Waals surface area contributed by atoms with E-state index in [0.29, 0.717) is 24.8 Å². The molecule has 0 spiro atoms. The van der Waals surface area contributed by atoms with E-state index in [1.807, 2.05) is 5.01 Å². The Bertz CT molecular complexity index is 793. The number of benzene rings is 1. The summed E-state index contributed by atoms with van der Waals surface area (Å²) in [5.41, 5.74) is 3.41. The first kappa shape index (κ1) is 23.4. The molecule has 0 bridgehead atoms. The van der Waals surface area contributed by atoms with Crippen molar-refractivity contribution in [1.82, 2.24) is 15.3 Å². The molecule has 0 atom stereocenters. The van der Waals surface area contributed by atoms with Gasteiger partial charge in [-0.3, -0.25) is 19.9 Å². The van der Waals surface area contributed by atoms with Crippen molar-refractivity contribution in [2.45, 2.75) is 0 Å². The molecule has 2 amide bonds. The second-order valence-electron chi connectivity index (χ2n) is 6.38. The third-order valence-electron chi connectivity index (χ3n) is 4.35. The third kappa shape index (κ3) is 5.60. The number of nitrogens with one attached hydrogen (secondary N) is 2. The third-order valence-corrected chi connectivity index (χ3v) is 6.39. The molecule has 2 aliphatic rings. The Balaban J connectivity index is 0.00000280. The predicted molar refractivity (Wildman–Crippen MR) is 113 cm³/mol. The first-order valence-electron chi connectivity index (χ1n) is 8.40. The zero-order chi connectivity index (χ0) is 19.6. The smallest absolute Gasteiger partial charge is 0.266 e. The number of hydrogen-bond donors (Lipinski definition) is 2. The molecule has 152 valence electrons. The lowest BCUT2D eigenvalue weighted by Crippen LogP contribution is -3.12. The number of thiocarbonyl (C=S) groups is 1. The Morgan fingerprint density at radius 1 is 1.32 bits per heavy atom. The highest BCUT2D eigenvalue weighted by Crippen LogP contribution is 2.35. The molecule has 1 aromatic rings. The van der Waals surface area contributed by atoms with Crippen molar-refractivity contribution in [3.63, 3.8) is 0 Å². The van der Waals surface area contributed by atoms with Gasteiger partial charge in [-0.25, -0.2) is 5.01 Å². The van der Waals surface area contributed by atoms with Gasteiger partial charge >= 0.3 is 0 Å². The minimum Gasteiger partial charge on any atom is -1.00 e. The summed E-state index contributed by atoms with van der Waals surface area (Å²) in [6.07, 6.45) is 1.62. The molecule has 3 rings (SSSR count). The van der Waals surface area contributed by atoms with Crippen LogP contribution in [0.3, 0.4) is 0 Å². The maximum Gasteiger partial charge on any atom is 0.266 e. The Labute approximate surface area is 189 Å². The highest BCUT2D eigenvalue weighted by atomic mass is 35.5. The van der Waals surface area contributed by atoms with E-state index in [4.69, 9.17) is 35.4 Å². The number of carbonyl (C=O) groups is 2. The summed E-state index contributed by atoms with van der Waals surface area (Å²) in [5, 5.41) is 2.78. The fourth-order valence-electron chi connectivity index (χ4n) is 2.77. The van der Waals surface area contributed by atoms with Gasteiger partial charge in [-0.05, 0) is 18.2 Å². The van der Waals surface area contributed by atoms with Crippen LogP contribution in [0.4, 0.5) is 0 Å². The number of rotatable bonds is 4. The fourth-order valence-corrected chi connectivity index (χ4v) is 4.51. The standard InChI is InChI=1S/C17H18Cl2N4O2S2.ClH/c1-21-5-7-22(8-6-21)20-15(24)10-23-16(25)14(27-17(23)26)9-11-12(18)3-2-4-13(11)19;/h2-4,9H,5-8,10H2,1H3,(H,20,24);1H/b14-9-;. The van der Waals surface area contributed by atoms with Gasteiger partial charge in [0.1, 0.15) is 10.9 Å². The average molecular weight is 482 g/mol. The van der Waals surface area contributed by atoms with Crippen LogP contribution < -0.4 is 22.7 Å². The van der Waals surface area contributed by atoms with Crippen LogP contribution in [0.1, 0.15) is 5.56 Å². The van der Waals surface area contributed by atoms with Crippen molar-refractivity contribution >= 4 is 69.4 Å². The second kappa shape index (κ2) is 10.2. The molecule has 0 aliphatic carbocycles. The number of thioether (sulfide) groups is 1. The number of hydrogen-bond acceptors (Lipinski definition) is 5. The fraction of sp³-hybridized carbons (Fsp3) is 0.353. The summed E-state index contributed by atoms with van der Waals surface area (Å²) in [6, 6.07) is 5.13. The molecule has 0 saturated carbocycles. The van der Waals surface area contributed by atoms with Crippen molar-refractivity contribution in [2.75, 3.05) is 39.8 Å². The van der Waals surface area contributed by atoms with Crippen LogP contribution >= 0.6 is 47.2 Å². The molecule has 11 heteroatoms. The predicted octanol–water partition coefficient (Wildman–Crippen LogP) is -1.94. The number of carbonyl (C=O) groups excluding carboxylic acids is 2. The normalized spacial score (nSPS) is 19.8. The molecule has 2 heterocycles. The molecule has 28 heavy (non-hydrogen) atoms. The quantitative estimate of drug-likeness (QED) is 0.387. The number of piperazine rings is 1. The van der Waals surface area contributed by atoms with E-state index in [1.165, 1.54) is 9.80 Å². The minimum atomic E-state index is -0.320. The minimum absolute atomic E-state index is 0. The summed E-state index contributed by atoms with van der Waals surface area (Å²) in [7, 11) is 2.12. The van der Waals surface area contributed by atoms with E-state index in [1.54, 1.807) is 24.3 Å². The van der Waals surface area contributed by atoms with Gasteiger partial charge < -0.3 is 17.3 Å². The molecule has 2 N–H and O–H groups in total.